The van der Waals surface area contributed by atoms with E-state index in [0.717, 1.165) is 57.9 Å². The van der Waals surface area contributed by atoms with E-state index in [2.05, 4.69) is 22.3 Å². The van der Waals surface area contributed by atoms with Crippen molar-refractivity contribution in [3.8, 4) is 0 Å². The quantitative estimate of drug-likeness (QED) is 0.757. The molecule has 6 heteroatoms. The molecule has 0 unspecified atom stereocenters. The van der Waals surface area contributed by atoms with Gasteiger partial charge in [-0.1, -0.05) is 12.1 Å². The molecule has 1 N–H and O–H groups in total. The van der Waals surface area contributed by atoms with Gasteiger partial charge in [0, 0.05) is 32.1 Å². The van der Waals surface area contributed by atoms with Crippen molar-refractivity contribution < 1.29 is 14.1 Å². The molecule has 20 heavy (non-hydrogen) atoms. The van der Waals surface area contributed by atoms with Gasteiger partial charge in [-0.25, -0.2) is 0 Å². The summed E-state index contributed by atoms with van der Waals surface area (Å²) in [7, 11) is 0. The Morgan fingerprint density at radius 3 is 3.00 bits per heavy atom. The Hall–Kier alpha value is -1.40. The van der Waals surface area contributed by atoms with E-state index in [4.69, 9.17) is 9.26 Å². The first-order chi connectivity index (χ1) is 9.79. The van der Waals surface area contributed by atoms with E-state index in [9.17, 15) is 4.79 Å². The summed E-state index contributed by atoms with van der Waals surface area (Å²) in [6.07, 6.45) is 2.73. The molecular weight excluding hydrogens is 258 g/mol. The van der Waals surface area contributed by atoms with Gasteiger partial charge in [-0.2, -0.15) is 0 Å². The van der Waals surface area contributed by atoms with Gasteiger partial charge in [0.2, 0.25) is 0 Å². The molecule has 0 saturated carbocycles. The second-order valence-electron chi connectivity index (χ2n) is 4.99. The van der Waals surface area contributed by atoms with Crippen LogP contribution in [-0.4, -0.2) is 55.4 Å². The molecule has 0 aromatic carbocycles. The molecule has 1 saturated heterocycles. The van der Waals surface area contributed by atoms with Crippen LogP contribution in [0.4, 0.5) is 0 Å². The van der Waals surface area contributed by atoms with Gasteiger partial charge >= 0.3 is 0 Å². The summed E-state index contributed by atoms with van der Waals surface area (Å²) in [6, 6.07) is 1.72. The van der Waals surface area contributed by atoms with Crippen molar-refractivity contribution in [3.63, 3.8) is 0 Å². The van der Waals surface area contributed by atoms with E-state index < -0.39 is 0 Å². The van der Waals surface area contributed by atoms with E-state index >= 15 is 0 Å². The summed E-state index contributed by atoms with van der Waals surface area (Å²) in [5, 5.41) is 6.66. The summed E-state index contributed by atoms with van der Waals surface area (Å²) in [6.45, 7) is 7.30. The lowest BCUT2D eigenvalue weighted by molar-refractivity contribution is 0.0374. The molecule has 1 fully saturated rings. The lowest BCUT2D eigenvalue weighted by Gasteiger charge is -2.26. The van der Waals surface area contributed by atoms with Crippen molar-refractivity contribution in [2.45, 2.75) is 26.2 Å². The van der Waals surface area contributed by atoms with Gasteiger partial charge in [0.1, 0.15) is 5.76 Å². The molecule has 1 aliphatic rings. The summed E-state index contributed by atoms with van der Waals surface area (Å²) in [5.74, 6) is 0.615. The van der Waals surface area contributed by atoms with Gasteiger partial charge in [0.25, 0.3) is 5.91 Å². The van der Waals surface area contributed by atoms with Crippen LogP contribution in [0.2, 0.25) is 0 Å². The zero-order valence-electron chi connectivity index (χ0n) is 12.1. The molecule has 0 spiro atoms. The number of amides is 1. The number of carbonyl (C=O) groups is 1. The molecule has 2 heterocycles. The number of morpholine rings is 1. The lowest BCUT2D eigenvalue weighted by Crippen LogP contribution is -2.38. The molecule has 6 nitrogen and oxygen atoms in total. The highest BCUT2D eigenvalue weighted by Crippen LogP contribution is 2.06. The van der Waals surface area contributed by atoms with Crippen LogP contribution in [0.25, 0.3) is 0 Å². The highest BCUT2D eigenvalue weighted by atomic mass is 16.5. The van der Waals surface area contributed by atoms with E-state index in [1.54, 1.807) is 6.07 Å². The molecule has 1 amide bonds. The Morgan fingerprint density at radius 2 is 2.25 bits per heavy atom. The summed E-state index contributed by atoms with van der Waals surface area (Å²) < 4.78 is 10.4. The van der Waals surface area contributed by atoms with Crippen LogP contribution in [0, 0.1) is 0 Å². The van der Waals surface area contributed by atoms with Crippen LogP contribution >= 0.6 is 0 Å². The minimum atomic E-state index is -0.155. The Kier molecular flexibility index (Phi) is 6.01. The van der Waals surface area contributed by atoms with Gasteiger partial charge in [0.15, 0.2) is 5.69 Å². The Labute approximate surface area is 119 Å². The fourth-order valence-corrected chi connectivity index (χ4v) is 2.20. The van der Waals surface area contributed by atoms with Gasteiger partial charge in [-0.15, -0.1) is 0 Å². The van der Waals surface area contributed by atoms with Crippen molar-refractivity contribution in [1.82, 2.24) is 15.4 Å². The Bertz CT molecular complexity index is 414. The SMILES string of the molecule is CCCc1cc(C(=O)NCCCN2CCOCC2)no1. The molecule has 2 rings (SSSR count). The number of aryl methyl sites for hydroxylation is 1. The number of hydrogen-bond donors (Lipinski definition) is 1. The van der Waals surface area contributed by atoms with Crippen LogP contribution in [0.1, 0.15) is 36.0 Å². The zero-order chi connectivity index (χ0) is 14.2. The van der Waals surface area contributed by atoms with Crippen LogP contribution < -0.4 is 5.32 Å². The van der Waals surface area contributed by atoms with E-state index in [0.29, 0.717) is 12.2 Å². The number of hydrogen-bond acceptors (Lipinski definition) is 5. The highest BCUT2D eigenvalue weighted by Gasteiger charge is 2.12. The van der Waals surface area contributed by atoms with E-state index in [1.165, 1.54) is 0 Å². The third kappa shape index (κ3) is 4.61. The van der Waals surface area contributed by atoms with Crippen molar-refractivity contribution in [2.75, 3.05) is 39.4 Å². The molecule has 112 valence electrons. The average molecular weight is 281 g/mol. The first kappa shape index (κ1) is 15.0. The lowest BCUT2D eigenvalue weighted by atomic mass is 10.2. The highest BCUT2D eigenvalue weighted by molar-refractivity contribution is 5.92. The normalized spacial score (nSPS) is 16.2. The van der Waals surface area contributed by atoms with Crippen molar-refractivity contribution >= 4 is 5.91 Å². The van der Waals surface area contributed by atoms with Crippen molar-refractivity contribution in [3.05, 3.63) is 17.5 Å². The number of aromatic nitrogens is 1. The summed E-state index contributed by atoms with van der Waals surface area (Å²) in [5.41, 5.74) is 0.375. The standard InChI is InChI=1S/C14H23N3O3/c1-2-4-12-11-13(16-20-12)14(18)15-5-3-6-17-7-9-19-10-8-17/h11H,2-10H2,1H3,(H,15,18). The first-order valence-electron chi connectivity index (χ1n) is 7.33. The van der Waals surface area contributed by atoms with Gasteiger partial charge < -0.3 is 14.6 Å². The van der Waals surface area contributed by atoms with Crippen LogP contribution in [-0.2, 0) is 11.2 Å². The second kappa shape index (κ2) is 8.01. The number of carbonyl (C=O) groups excluding carboxylic acids is 1. The van der Waals surface area contributed by atoms with E-state index in [1.807, 2.05) is 0 Å². The van der Waals surface area contributed by atoms with Gasteiger partial charge in [-0.3, -0.25) is 9.69 Å². The monoisotopic (exact) mass is 281 g/mol. The third-order valence-electron chi connectivity index (χ3n) is 3.33. The minimum absolute atomic E-state index is 0.155. The molecular formula is C14H23N3O3. The minimum Gasteiger partial charge on any atom is -0.379 e. The topological polar surface area (TPSA) is 67.6 Å². The molecule has 0 atom stereocenters. The number of rotatable bonds is 7. The first-order valence-corrected chi connectivity index (χ1v) is 7.33. The molecule has 0 aliphatic carbocycles. The third-order valence-corrected chi connectivity index (χ3v) is 3.33. The number of nitrogens with one attached hydrogen (secondary N) is 1. The average Bonchev–Trinajstić information content (AvgIpc) is 2.94. The number of nitrogens with zero attached hydrogens (tertiary/aromatic N) is 2. The maximum atomic E-state index is 11.8. The van der Waals surface area contributed by atoms with Crippen LogP contribution in [0.3, 0.4) is 0 Å². The fraction of sp³-hybridized carbons (Fsp3) is 0.714. The van der Waals surface area contributed by atoms with Gasteiger partial charge in [0.05, 0.1) is 13.2 Å². The van der Waals surface area contributed by atoms with Crippen molar-refractivity contribution in [1.29, 1.82) is 0 Å². The molecule has 1 aliphatic heterocycles. The molecule has 1 aromatic rings. The van der Waals surface area contributed by atoms with E-state index in [-0.39, 0.29) is 5.91 Å². The predicted molar refractivity (Wildman–Crippen MR) is 74.7 cm³/mol. The maximum Gasteiger partial charge on any atom is 0.273 e. The smallest absolute Gasteiger partial charge is 0.273 e. The fourth-order valence-electron chi connectivity index (χ4n) is 2.20. The number of ether oxygens (including phenoxy) is 1. The van der Waals surface area contributed by atoms with Crippen molar-refractivity contribution in [2.24, 2.45) is 0 Å². The zero-order valence-corrected chi connectivity index (χ0v) is 12.1. The molecule has 1 aromatic heterocycles. The van der Waals surface area contributed by atoms with Crippen LogP contribution in [0.5, 0.6) is 0 Å². The largest absolute Gasteiger partial charge is 0.379 e. The van der Waals surface area contributed by atoms with Crippen LogP contribution in [0.15, 0.2) is 10.6 Å². The molecule has 0 radical (unpaired) electrons. The molecule has 0 bridgehead atoms. The second-order valence-corrected chi connectivity index (χ2v) is 4.99. The Morgan fingerprint density at radius 1 is 1.45 bits per heavy atom. The van der Waals surface area contributed by atoms with Gasteiger partial charge in [-0.05, 0) is 19.4 Å². The summed E-state index contributed by atoms with van der Waals surface area (Å²) in [4.78, 5) is 14.2. The summed E-state index contributed by atoms with van der Waals surface area (Å²) >= 11 is 0. The Balaban J connectivity index is 1.63. The maximum absolute atomic E-state index is 11.8. The predicted octanol–water partition coefficient (Wildman–Crippen LogP) is 1.08.